The van der Waals surface area contributed by atoms with Gasteiger partial charge in [0.25, 0.3) is 0 Å². The Balaban J connectivity index is 1.58. The molecular formula is C16H27N3O2. The van der Waals surface area contributed by atoms with Gasteiger partial charge in [-0.15, -0.1) is 0 Å². The molecule has 5 heteroatoms. The van der Waals surface area contributed by atoms with Crippen LogP contribution in [0.4, 0.5) is 0 Å². The molecule has 2 heterocycles. The zero-order valence-electron chi connectivity index (χ0n) is 13.3. The van der Waals surface area contributed by atoms with Crippen LogP contribution in [0.25, 0.3) is 0 Å². The highest BCUT2D eigenvalue weighted by molar-refractivity contribution is 5.02. The summed E-state index contributed by atoms with van der Waals surface area (Å²) >= 11 is 0. The standard InChI is InChI=1S/C16H27N3O2/c1-10(2)11-4-6-12(7-5-11)15-18-16(21-19-15)14-8-13(20-3)9-17-14/h10-14,17H,4-9H2,1-3H3. The zero-order chi connectivity index (χ0) is 14.8. The number of hydrogen-bond acceptors (Lipinski definition) is 5. The predicted octanol–water partition coefficient (Wildman–Crippen LogP) is 3.05. The fourth-order valence-electron chi connectivity index (χ4n) is 3.67. The molecule has 1 saturated carbocycles. The predicted molar refractivity (Wildman–Crippen MR) is 80.0 cm³/mol. The summed E-state index contributed by atoms with van der Waals surface area (Å²) in [5.41, 5.74) is 0. The molecule has 21 heavy (non-hydrogen) atoms. The van der Waals surface area contributed by atoms with Gasteiger partial charge in [0.05, 0.1) is 12.1 Å². The number of ether oxygens (including phenoxy) is 1. The molecule has 0 amide bonds. The Hall–Kier alpha value is -0.940. The van der Waals surface area contributed by atoms with Crippen LogP contribution in [0.15, 0.2) is 4.52 Å². The maximum absolute atomic E-state index is 5.49. The van der Waals surface area contributed by atoms with Gasteiger partial charge in [0.2, 0.25) is 5.89 Å². The van der Waals surface area contributed by atoms with Crippen LogP contribution in [0, 0.1) is 11.8 Å². The first-order chi connectivity index (χ1) is 10.2. The maximum atomic E-state index is 5.49. The van der Waals surface area contributed by atoms with E-state index < -0.39 is 0 Å². The molecule has 5 nitrogen and oxygen atoms in total. The van der Waals surface area contributed by atoms with Gasteiger partial charge in [-0.1, -0.05) is 19.0 Å². The maximum Gasteiger partial charge on any atom is 0.243 e. The lowest BCUT2D eigenvalue weighted by Crippen LogP contribution is -2.18. The fourth-order valence-corrected chi connectivity index (χ4v) is 3.67. The summed E-state index contributed by atoms with van der Waals surface area (Å²) < 4.78 is 10.9. The average molecular weight is 293 g/mol. The Kier molecular flexibility index (Phi) is 4.60. The summed E-state index contributed by atoms with van der Waals surface area (Å²) in [5, 5.41) is 7.63. The summed E-state index contributed by atoms with van der Waals surface area (Å²) in [7, 11) is 1.75. The zero-order valence-corrected chi connectivity index (χ0v) is 13.3. The van der Waals surface area contributed by atoms with Crippen molar-refractivity contribution in [2.75, 3.05) is 13.7 Å². The lowest BCUT2D eigenvalue weighted by Gasteiger charge is -2.29. The van der Waals surface area contributed by atoms with Crippen LogP contribution in [0.5, 0.6) is 0 Å². The van der Waals surface area contributed by atoms with Gasteiger partial charge in [0.1, 0.15) is 0 Å². The van der Waals surface area contributed by atoms with Gasteiger partial charge in [0, 0.05) is 19.6 Å². The van der Waals surface area contributed by atoms with E-state index in [4.69, 9.17) is 9.26 Å². The van der Waals surface area contributed by atoms with Crippen LogP contribution in [0.2, 0.25) is 0 Å². The Bertz CT molecular complexity index is 452. The van der Waals surface area contributed by atoms with E-state index in [-0.39, 0.29) is 12.1 Å². The van der Waals surface area contributed by atoms with Crippen LogP contribution in [0.1, 0.15) is 69.6 Å². The second kappa shape index (κ2) is 6.44. The summed E-state index contributed by atoms with van der Waals surface area (Å²) in [5.74, 6) is 3.79. The van der Waals surface area contributed by atoms with Crippen molar-refractivity contribution in [1.82, 2.24) is 15.5 Å². The lowest BCUT2D eigenvalue weighted by atomic mass is 9.77. The smallest absolute Gasteiger partial charge is 0.243 e. The monoisotopic (exact) mass is 293 g/mol. The summed E-state index contributed by atoms with van der Waals surface area (Å²) in [6.45, 7) is 5.52. The molecular weight excluding hydrogens is 266 g/mol. The third kappa shape index (κ3) is 3.29. The average Bonchev–Trinajstić information content (AvgIpc) is 3.16. The molecule has 3 rings (SSSR count). The van der Waals surface area contributed by atoms with Crippen molar-refractivity contribution < 1.29 is 9.26 Å². The largest absolute Gasteiger partial charge is 0.380 e. The number of nitrogens with one attached hydrogen (secondary N) is 1. The molecule has 0 radical (unpaired) electrons. The number of aromatic nitrogens is 2. The van der Waals surface area contributed by atoms with Gasteiger partial charge >= 0.3 is 0 Å². The molecule has 118 valence electrons. The van der Waals surface area contributed by atoms with E-state index in [9.17, 15) is 0 Å². The molecule has 1 aromatic heterocycles. The van der Waals surface area contributed by atoms with Crippen molar-refractivity contribution in [2.24, 2.45) is 11.8 Å². The van der Waals surface area contributed by atoms with Crippen molar-refractivity contribution in [3.8, 4) is 0 Å². The first-order valence-electron chi connectivity index (χ1n) is 8.27. The Morgan fingerprint density at radius 1 is 1.24 bits per heavy atom. The van der Waals surface area contributed by atoms with E-state index in [1.54, 1.807) is 7.11 Å². The summed E-state index contributed by atoms with van der Waals surface area (Å²) in [4.78, 5) is 4.66. The van der Waals surface area contributed by atoms with Crippen LogP contribution < -0.4 is 5.32 Å². The van der Waals surface area contributed by atoms with E-state index in [2.05, 4.69) is 29.3 Å². The van der Waals surface area contributed by atoms with Crippen LogP contribution in [-0.2, 0) is 4.74 Å². The van der Waals surface area contributed by atoms with E-state index in [0.29, 0.717) is 5.92 Å². The van der Waals surface area contributed by atoms with E-state index in [1.807, 2.05) is 0 Å². The number of nitrogens with zero attached hydrogens (tertiary/aromatic N) is 2. The van der Waals surface area contributed by atoms with Crippen LogP contribution in [0.3, 0.4) is 0 Å². The van der Waals surface area contributed by atoms with E-state index in [0.717, 1.165) is 36.5 Å². The number of rotatable bonds is 4. The molecule has 0 spiro atoms. The highest BCUT2D eigenvalue weighted by atomic mass is 16.5. The third-order valence-corrected chi connectivity index (χ3v) is 5.26. The normalized spacial score (nSPS) is 33.7. The summed E-state index contributed by atoms with van der Waals surface area (Å²) in [6, 6.07) is 0.156. The molecule has 2 aliphatic rings. The minimum atomic E-state index is 0.156. The van der Waals surface area contributed by atoms with Gasteiger partial charge in [0.15, 0.2) is 5.82 Å². The van der Waals surface area contributed by atoms with Gasteiger partial charge in [-0.2, -0.15) is 4.98 Å². The quantitative estimate of drug-likeness (QED) is 0.924. The van der Waals surface area contributed by atoms with Crippen LogP contribution in [-0.4, -0.2) is 29.9 Å². The van der Waals surface area contributed by atoms with Crippen molar-refractivity contribution in [2.45, 2.75) is 64.0 Å². The van der Waals surface area contributed by atoms with Gasteiger partial charge in [-0.05, 0) is 43.9 Å². The molecule has 0 aromatic carbocycles. The first kappa shape index (κ1) is 15.0. The van der Waals surface area contributed by atoms with Gasteiger partial charge < -0.3 is 14.6 Å². The van der Waals surface area contributed by atoms with Gasteiger partial charge in [-0.3, -0.25) is 0 Å². The SMILES string of the molecule is COC1CNC(c2nc(C3CCC(C(C)C)CC3)no2)C1. The molecule has 1 saturated heterocycles. The second-order valence-electron chi connectivity index (χ2n) is 6.90. The fraction of sp³-hybridized carbons (Fsp3) is 0.875. The Morgan fingerprint density at radius 2 is 2.00 bits per heavy atom. The topological polar surface area (TPSA) is 60.2 Å². The number of methoxy groups -OCH3 is 1. The molecule has 1 aliphatic carbocycles. The van der Waals surface area contributed by atoms with Crippen molar-refractivity contribution in [1.29, 1.82) is 0 Å². The third-order valence-electron chi connectivity index (χ3n) is 5.26. The summed E-state index contributed by atoms with van der Waals surface area (Å²) in [6.07, 6.45) is 6.14. The molecule has 2 unspecified atom stereocenters. The first-order valence-corrected chi connectivity index (χ1v) is 8.27. The minimum absolute atomic E-state index is 0.156. The van der Waals surface area contributed by atoms with Crippen molar-refractivity contribution >= 4 is 0 Å². The van der Waals surface area contributed by atoms with Crippen molar-refractivity contribution in [3.05, 3.63) is 11.7 Å². The van der Waals surface area contributed by atoms with E-state index in [1.165, 1.54) is 25.7 Å². The molecule has 2 fully saturated rings. The Labute approximate surface area is 126 Å². The molecule has 1 aliphatic heterocycles. The highest BCUT2D eigenvalue weighted by Crippen LogP contribution is 2.38. The highest BCUT2D eigenvalue weighted by Gasteiger charge is 2.32. The van der Waals surface area contributed by atoms with Crippen molar-refractivity contribution in [3.63, 3.8) is 0 Å². The minimum Gasteiger partial charge on any atom is -0.380 e. The Morgan fingerprint density at radius 3 is 2.62 bits per heavy atom. The second-order valence-corrected chi connectivity index (χ2v) is 6.90. The number of hydrogen-bond donors (Lipinski definition) is 1. The van der Waals surface area contributed by atoms with Gasteiger partial charge in [-0.25, -0.2) is 0 Å². The molecule has 1 N–H and O–H groups in total. The molecule has 1 aromatic rings. The lowest BCUT2D eigenvalue weighted by molar-refractivity contribution is 0.116. The van der Waals surface area contributed by atoms with E-state index >= 15 is 0 Å². The van der Waals surface area contributed by atoms with Crippen LogP contribution >= 0.6 is 0 Å². The molecule has 2 atom stereocenters. The molecule has 0 bridgehead atoms.